The lowest BCUT2D eigenvalue weighted by atomic mass is 9.33. The molecule has 0 spiro atoms. The van der Waals surface area contributed by atoms with Crippen molar-refractivity contribution in [3.05, 3.63) is 11.6 Å². The van der Waals surface area contributed by atoms with Gasteiger partial charge in [-0.1, -0.05) is 53.2 Å². The fourth-order valence-electron chi connectivity index (χ4n) is 15.2. The van der Waals surface area contributed by atoms with Gasteiger partial charge in [0, 0.05) is 5.41 Å². The zero-order valence-electron chi connectivity index (χ0n) is 39.8. The van der Waals surface area contributed by atoms with Gasteiger partial charge in [0.1, 0.15) is 67.1 Å². The topological polar surface area (TPSA) is 315 Å². The lowest BCUT2D eigenvalue weighted by Crippen LogP contribution is -2.68. The van der Waals surface area contributed by atoms with E-state index in [1.165, 1.54) is 12.5 Å². The summed E-state index contributed by atoms with van der Waals surface area (Å²) in [5, 5.41) is 130. The molecule has 3 aliphatic heterocycles. The van der Waals surface area contributed by atoms with Crippen molar-refractivity contribution in [2.24, 2.45) is 56.7 Å². The van der Waals surface area contributed by atoms with E-state index in [-0.39, 0.29) is 52.4 Å². The minimum Gasteiger partial charge on any atom is -0.432 e. The van der Waals surface area contributed by atoms with Crippen LogP contribution in [0.25, 0.3) is 0 Å². The lowest BCUT2D eigenvalue weighted by Gasteiger charge is -2.71. The van der Waals surface area contributed by atoms with Gasteiger partial charge in [0.25, 0.3) is 0 Å². The molecule has 27 atom stereocenters. The van der Waals surface area contributed by atoms with Crippen LogP contribution in [0, 0.1) is 56.7 Å². The van der Waals surface area contributed by atoms with Gasteiger partial charge in [-0.15, -0.1) is 0 Å². The van der Waals surface area contributed by atoms with Crippen molar-refractivity contribution in [1.82, 2.24) is 0 Å². The maximum atomic E-state index is 15.0. The second-order valence-corrected chi connectivity index (χ2v) is 22.9. The molecular formula is C48H78O19. The van der Waals surface area contributed by atoms with E-state index in [0.29, 0.717) is 32.1 Å². The molecule has 5 aliphatic carbocycles. The Morgan fingerprint density at radius 1 is 0.701 bits per heavy atom. The predicted molar refractivity (Wildman–Crippen MR) is 231 cm³/mol. The number of carbonyl (C=O) groups excluding carboxylic acids is 1. The Labute approximate surface area is 392 Å². The predicted octanol–water partition coefficient (Wildman–Crippen LogP) is -1.03. The minimum absolute atomic E-state index is 0.0112. The van der Waals surface area contributed by atoms with Crippen LogP contribution in [0.5, 0.6) is 0 Å². The second kappa shape index (κ2) is 18.5. The standard InChI is InChI=1S/C48H78O19/c1-20-10-13-48(15-14-46(6)23(29(48)21(20)2)8-9-28-44(4)16-24(51)39(60)45(5,19-50)27(44)11-12-47(28,46)7)43(61)67-42-36(58)33(55)31(53)26(65-42)18-62-40-37(59)34(56)38(25(17-49)64-40)66-41-35(57)32(54)30(52)22(3)63-41/h8,20-22,24-42,49-60H,9-19H2,1-7H3/t20-,21+,22-,24-,25-,26-,27+,28-,29+,30+,31-,32-,33+,34-,35-,36-,37-,38-,39+,40-,41+,42+,44+,45+,46-,47-,48+/m1/s1. The Hall–Kier alpha value is -1.47. The lowest BCUT2D eigenvalue weighted by molar-refractivity contribution is -0.361. The summed E-state index contributed by atoms with van der Waals surface area (Å²) < 4.78 is 34.7. The average Bonchev–Trinajstić information content (AvgIpc) is 3.29. The average molecular weight is 959 g/mol. The van der Waals surface area contributed by atoms with Crippen LogP contribution < -0.4 is 0 Å². The van der Waals surface area contributed by atoms with Gasteiger partial charge in [-0.05, 0) is 104 Å². The molecule has 0 aromatic rings. The molecule has 384 valence electrons. The van der Waals surface area contributed by atoms with Gasteiger partial charge in [-0.25, -0.2) is 0 Å². The molecule has 8 rings (SSSR count). The van der Waals surface area contributed by atoms with Gasteiger partial charge < -0.3 is 89.7 Å². The van der Waals surface area contributed by atoms with Gasteiger partial charge >= 0.3 is 5.97 Å². The molecule has 3 saturated heterocycles. The number of fused-ring (bicyclic) bond motifs is 7. The molecule has 0 aromatic heterocycles. The van der Waals surface area contributed by atoms with Crippen molar-refractivity contribution in [2.45, 2.75) is 204 Å². The summed E-state index contributed by atoms with van der Waals surface area (Å²) in [5.74, 6) is -0.386. The number of carbonyl (C=O) groups is 1. The number of rotatable bonds is 9. The first-order chi connectivity index (χ1) is 31.4. The highest BCUT2D eigenvalue weighted by atomic mass is 16.8. The Balaban J connectivity index is 0.985. The molecule has 8 aliphatic rings. The molecule has 0 bridgehead atoms. The molecule has 0 amide bonds. The SMILES string of the molecule is C[C@H]1[C@H](C)CC[C@]2(C(=O)O[C@@H]3O[C@H](CO[C@@H]4O[C@H](CO)[C@@H](O[C@@H]5O[C@H](C)[C@H](O)[C@@H](O)[C@H]5O)[C@H](O)[C@H]4O)[C@@H](O)[C@H](O)[C@H]3O)CC[C@]3(C)C(=CC[C@@H]4[C@@]5(C)C[C@@H](O)[C@H](O)[C@@](C)(CO)[C@H]5CC[C@]43C)[C@H]12. The zero-order chi connectivity index (χ0) is 49.1. The summed E-state index contributed by atoms with van der Waals surface area (Å²) in [6.07, 6.45) is -18.9. The second-order valence-electron chi connectivity index (χ2n) is 22.9. The van der Waals surface area contributed by atoms with Crippen LogP contribution >= 0.6 is 0 Å². The Bertz CT molecular complexity index is 1820. The highest BCUT2D eigenvalue weighted by molar-refractivity contribution is 5.79. The van der Waals surface area contributed by atoms with Gasteiger partial charge in [-0.3, -0.25) is 4.79 Å². The van der Waals surface area contributed by atoms with Crippen LogP contribution in [0.2, 0.25) is 0 Å². The summed E-state index contributed by atoms with van der Waals surface area (Å²) in [7, 11) is 0. The third-order valence-corrected chi connectivity index (χ3v) is 19.7. The van der Waals surface area contributed by atoms with Gasteiger partial charge in [-0.2, -0.15) is 0 Å². The minimum atomic E-state index is -1.86. The van der Waals surface area contributed by atoms with Gasteiger partial charge in [0.15, 0.2) is 12.6 Å². The van der Waals surface area contributed by atoms with E-state index in [1.54, 1.807) is 0 Å². The van der Waals surface area contributed by atoms with E-state index in [1.807, 2.05) is 6.92 Å². The molecule has 3 heterocycles. The molecule has 0 aromatic carbocycles. The van der Waals surface area contributed by atoms with Crippen LogP contribution in [0.15, 0.2) is 11.6 Å². The maximum Gasteiger partial charge on any atom is 0.315 e. The number of ether oxygens (including phenoxy) is 6. The van der Waals surface area contributed by atoms with E-state index in [0.717, 1.165) is 19.3 Å². The van der Waals surface area contributed by atoms with E-state index >= 15 is 4.79 Å². The molecule has 4 saturated carbocycles. The van der Waals surface area contributed by atoms with Crippen molar-refractivity contribution >= 4 is 5.97 Å². The summed E-state index contributed by atoms with van der Waals surface area (Å²) in [4.78, 5) is 15.0. The molecule has 0 unspecified atom stereocenters. The Morgan fingerprint density at radius 3 is 2.01 bits per heavy atom. The van der Waals surface area contributed by atoms with Gasteiger partial charge in [0.05, 0.1) is 43.5 Å². The van der Waals surface area contributed by atoms with E-state index in [2.05, 4.69) is 40.7 Å². The number of allylic oxidation sites excluding steroid dienone is 2. The van der Waals surface area contributed by atoms with E-state index in [9.17, 15) is 61.3 Å². The first-order valence-corrected chi connectivity index (χ1v) is 24.5. The molecule has 19 heteroatoms. The molecule has 12 N–H and O–H groups in total. The van der Waals surface area contributed by atoms with Gasteiger partial charge in [0.2, 0.25) is 6.29 Å². The summed E-state index contributed by atoms with van der Waals surface area (Å²) >= 11 is 0. The van der Waals surface area contributed by atoms with Crippen LogP contribution in [-0.4, -0.2) is 191 Å². The van der Waals surface area contributed by atoms with Crippen molar-refractivity contribution in [2.75, 3.05) is 19.8 Å². The monoisotopic (exact) mass is 959 g/mol. The maximum absolute atomic E-state index is 15.0. The number of hydrogen-bond donors (Lipinski definition) is 12. The largest absolute Gasteiger partial charge is 0.432 e. The van der Waals surface area contributed by atoms with Crippen LogP contribution in [0.1, 0.15) is 99.8 Å². The smallest absolute Gasteiger partial charge is 0.315 e. The number of hydrogen-bond acceptors (Lipinski definition) is 19. The Kier molecular flexibility index (Phi) is 14.4. The van der Waals surface area contributed by atoms with Crippen LogP contribution in [-0.2, 0) is 33.2 Å². The number of aliphatic hydroxyl groups is 12. The molecular weight excluding hydrogens is 881 g/mol. The normalized spacial score (nSPS) is 56.7. The van der Waals surface area contributed by atoms with E-state index in [4.69, 9.17) is 28.4 Å². The molecule has 67 heavy (non-hydrogen) atoms. The zero-order valence-corrected chi connectivity index (χ0v) is 39.8. The van der Waals surface area contributed by atoms with Crippen molar-refractivity contribution in [3.8, 4) is 0 Å². The quantitative estimate of drug-likeness (QED) is 0.0971. The summed E-state index contributed by atoms with van der Waals surface area (Å²) in [5.41, 5.74) is -1.64. The number of aliphatic hydroxyl groups excluding tert-OH is 12. The Morgan fingerprint density at radius 2 is 1.34 bits per heavy atom. The highest BCUT2D eigenvalue weighted by Gasteiger charge is 2.71. The highest BCUT2D eigenvalue weighted by Crippen LogP contribution is 2.76. The van der Waals surface area contributed by atoms with Crippen molar-refractivity contribution in [1.29, 1.82) is 0 Å². The van der Waals surface area contributed by atoms with Crippen LogP contribution in [0.3, 0.4) is 0 Å². The first-order valence-electron chi connectivity index (χ1n) is 24.5. The van der Waals surface area contributed by atoms with Crippen molar-refractivity contribution in [3.63, 3.8) is 0 Å². The first kappa shape index (κ1) is 51.9. The fourth-order valence-corrected chi connectivity index (χ4v) is 15.2. The molecule has 7 fully saturated rings. The third kappa shape index (κ3) is 7.92. The van der Waals surface area contributed by atoms with E-state index < -0.39 is 134 Å². The fraction of sp³-hybridized carbons (Fsp3) is 0.938. The van der Waals surface area contributed by atoms with Crippen molar-refractivity contribution < 1.29 is 94.5 Å². The summed E-state index contributed by atoms with van der Waals surface area (Å²) in [6, 6.07) is 0. The van der Waals surface area contributed by atoms with Crippen LogP contribution in [0.4, 0.5) is 0 Å². The summed E-state index contributed by atoms with van der Waals surface area (Å²) in [6.45, 7) is 13.0. The molecule has 0 radical (unpaired) electrons. The molecule has 19 nitrogen and oxygen atoms in total. The third-order valence-electron chi connectivity index (χ3n) is 19.7. The number of esters is 1.